The second-order valence-electron chi connectivity index (χ2n) is 4.84. The molecule has 2 aromatic rings. The largest absolute Gasteiger partial charge is 0.387 e. The summed E-state index contributed by atoms with van der Waals surface area (Å²) in [5.74, 6) is -0.197. The van der Waals surface area contributed by atoms with Crippen LogP contribution >= 0.6 is 0 Å². The van der Waals surface area contributed by atoms with Crippen LogP contribution in [0.4, 0.5) is 8.78 Å². The maximum absolute atomic E-state index is 13.6. The molecule has 0 saturated carbocycles. The van der Waals surface area contributed by atoms with Crippen LogP contribution in [0.15, 0.2) is 22.7 Å². The highest BCUT2D eigenvalue weighted by Gasteiger charge is 2.17. The fourth-order valence-electron chi connectivity index (χ4n) is 1.96. The van der Waals surface area contributed by atoms with Crippen molar-refractivity contribution in [1.82, 2.24) is 15.0 Å². The molecular weight excluding hydrogens is 280 g/mol. The van der Waals surface area contributed by atoms with Crippen LogP contribution in [0.5, 0.6) is 0 Å². The Morgan fingerprint density at radius 3 is 2.81 bits per heavy atom. The number of nitrogens with zero attached hydrogens (tertiary/aromatic N) is 3. The Morgan fingerprint density at radius 1 is 1.38 bits per heavy atom. The predicted molar refractivity (Wildman–Crippen MR) is 71.3 cm³/mol. The van der Waals surface area contributed by atoms with Gasteiger partial charge in [0.1, 0.15) is 11.6 Å². The number of likely N-dealkylation sites (N-methyl/N-ethyl adjacent to an activating group) is 1. The molecule has 0 aliphatic heterocycles. The van der Waals surface area contributed by atoms with Crippen molar-refractivity contribution in [3.63, 3.8) is 0 Å². The van der Waals surface area contributed by atoms with Crippen LogP contribution in [0, 0.1) is 11.6 Å². The molecule has 1 N–H and O–H groups in total. The first kappa shape index (κ1) is 15.5. The van der Waals surface area contributed by atoms with E-state index in [0.29, 0.717) is 24.7 Å². The van der Waals surface area contributed by atoms with Crippen LogP contribution in [0.2, 0.25) is 0 Å². The van der Waals surface area contributed by atoms with Gasteiger partial charge < -0.3 is 9.63 Å². The lowest BCUT2D eigenvalue weighted by atomic mass is 10.1. The third-order valence-corrected chi connectivity index (χ3v) is 3.03. The summed E-state index contributed by atoms with van der Waals surface area (Å²) in [6.45, 7) is 2.35. The first-order valence-corrected chi connectivity index (χ1v) is 6.62. The van der Waals surface area contributed by atoms with Crippen molar-refractivity contribution >= 4 is 0 Å². The van der Waals surface area contributed by atoms with Crippen molar-refractivity contribution in [1.29, 1.82) is 0 Å². The van der Waals surface area contributed by atoms with Crippen molar-refractivity contribution in [3.05, 3.63) is 47.1 Å². The molecule has 1 atom stereocenters. The normalized spacial score (nSPS) is 12.9. The Bertz CT molecular complexity index is 604. The van der Waals surface area contributed by atoms with Crippen LogP contribution in [0.1, 0.15) is 30.3 Å². The molecule has 1 unspecified atom stereocenters. The van der Waals surface area contributed by atoms with Gasteiger partial charge in [0.2, 0.25) is 5.89 Å². The van der Waals surface area contributed by atoms with Gasteiger partial charge in [-0.2, -0.15) is 4.98 Å². The van der Waals surface area contributed by atoms with Crippen molar-refractivity contribution in [2.45, 2.75) is 26.0 Å². The van der Waals surface area contributed by atoms with Crippen LogP contribution < -0.4 is 0 Å². The zero-order valence-electron chi connectivity index (χ0n) is 11.9. The van der Waals surface area contributed by atoms with Gasteiger partial charge >= 0.3 is 0 Å². The minimum absolute atomic E-state index is 0.0679. The zero-order valence-corrected chi connectivity index (χ0v) is 11.9. The lowest BCUT2D eigenvalue weighted by Crippen LogP contribution is -2.25. The molecule has 0 radical (unpaired) electrons. The Balaban J connectivity index is 1.98. The number of hydrogen-bond acceptors (Lipinski definition) is 5. The lowest BCUT2D eigenvalue weighted by molar-refractivity contribution is 0.114. The molecule has 1 aromatic carbocycles. The summed E-state index contributed by atoms with van der Waals surface area (Å²) < 4.78 is 31.7. The summed E-state index contributed by atoms with van der Waals surface area (Å²) in [7, 11) is 1.72. The summed E-state index contributed by atoms with van der Waals surface area (Å²) in [6, 6.07) is 3.01. The highest BCUT2D eigenvalue weighted by molar-refractivity contribution is 5.21. The van der Waals surface area contributed by atoms with E-state index in [1.54, 1.807) is 11.9 Å². The Kier molecular flexibility index (Phi) is 4.98. The summed E-state index contributed by atoms with van der Waals surface area (Å²) >= 11 is 0. The molecule has 0 bridgehead atoms. The third kappa shape index (κ3) is 4.05. The van der Waals surface area contributed by atoms with E-state index in [-0.39, 0.29) is 12.1 Å². The van der Waals surface area contributed by atoms with E-state index in [0.717, 1.165) is 18.2 Å². The number of halogens is 2. The molecule has 5 nitrogen and oxygen atoms in total. The highest BCUT2D eigenvalue weighted by Crippen LogP contribution is 2.19. The topological polar surface area (TPSA) is 62.4 Å². The quantitative estimate of drug-likeness (QED) is 0.884. The van der Waals surface area contributed by atoms with Crippen molar-refractivity contribution in [2.75, 3.05) is 13.6 Å². The molecule has 1 aromatic heterocycles. The third-order valence-electron chi connectivity index (χ3n) is 3.03. The Hall–Kier alpha value is -1.86. The van der Waals surface area contributed by atoms with E-state index < -0.39 is 17.7 Å². The van der Waals surface area contributed by atoms with E-state index in [4.69, 9.17) is 4.52 Å². The molecular formula is C14H17F2N3O2. The minimum atomic E-state index is -1.14. The number of benzene rings is 1. The van der Waals surface area contributed by atoms with E-state index in [1.165, 1.54) is 0 Å². The van der Waals surface area contributed by atoms with E-state index >= 15 is 0 Å². The number of aromatic nitrogens is 2. The smallest absolute Gasteiger partial charge is 0.240 e. The van der Waals surface area contributed by atoms with E-state index in [2.05, 4.69) is 10.1 Å². The molecule has 21 heavy (non-hydrogen) atoms. The number of hydrogen-bond donors (Lipinski definition) is 1. The maximum atomic E-state index is 13.6. The zero-order chi connectivity index (χ0) is 15.4. The molecule has 0 amide bonds. The van der Waals surface area contributed by atoms with Gasteiger partial charge in [0, 0.05) is 18.5 Å². The SMILES string of the molecule is CCc1noc(CN(C)CC(O)c2cc(F)ccc2F)n1. The van der Waals surface area contributed by atoms with Crippen molar-refractivity contribution in [2.24, 2.45) is 0 Å². The first-order valence-electron chi connectivity index (χ1n) is 6.62. The number of aliphatic hydroxyl groups is 1. The van der Waals surface area contributed by atoms with Gasteiger partial charge in [0.25, 0.3) is 0 Å². The maximum Gasteiger partial charge on any atom is 0.240 e. The summed E-state index contributed by atoms with van der Waals surface area (Å²) in [4.78, 5) is 5.84. The van der Waals surface area contributed by atoms with Gasteiger partial charge in [-0.25, -0.2) is 8.78 Å². The van der Waals surface area contributed by atoms with Gasteiger partial charge in [0.15, 0.2) is 5.82 Å². The highest BCUT2D eigenvalue weighted by atomic mass is 19.1. The molecule has 0 aliphatic carbocycles. The molecule has 0 spiro atoms. The minimum Gasteiger partial charge on any atom is -0.387 e. The molecule has 2 rings (SSSR count). The van der Waals surface area contributed by atoms with Crippen LogP contribution in [0.25, 0.3) is 0 Å². The molecule has 0 saturated heterocycles. The average Bonchev–Trinajstić information content (AvgIpc) is 2.88. The molecule has 7 heteroatoms. The van der Waals surface area contributed by atoms with E-state index in [1.807, 2.05) is 6.92 Å². The van der Waals surface area contributed by atoms with Gasteiger partial charge in [-0.05, 0) is 25.2 Å². The predicted octanol–water partition coefficient (Wildman–Crippen LogP) is 2.08. The first-order chi connectivity index (χ1) is 9.99. The van der Waals surface area contributed by atoms with Gasteiger partial charge in [-0.3, -0.25) is 4.90 Å². The fourth-order valence-corrected chi connectivity index (χ4v) is 1.96. The van der Waals surface area contributed by atoms with Crippen LogP contribution in [-0.2, 0) is 13.0 Å². The second kappa shape index (κ2) is 6.73. The van der Waals surface area contributed by atoms with Gasteiger partial charge in [-0.15, -0.1) is 0 Å². The second-order valence-corrected chi connectivity index (χ2v) is 4.84. The summed E-state index contributed by atoms with van der Waals surface area (Å²) in [6.07, 6.45) is -0.469. The average molecular weight is 297 g/mol. The van der Waals surface area contributed by atoms with Crippen molar-refractivity contribution in [3.8, 4) is 0 Å². The Labute approximate surface area is 121 Å². The monoisotopic (exact) mass is 297 g/mol. The van der Waals surface area contributed by atoms with Crippen LogP contribution in [-0.4, -0.2) is 33.7 Å². The molecule has 0 fully saturated rings. The van der Waals surface area contributed by atoms with Gasteiger partial charge in [-0.1, -0.05) is 12.1 Å². The van der Waals surface area contributed by atoms with Gasteiger partial charge in [0.05, 0.1) is 12.6 Å². The number of aryl methyl sites for hydroxylation is 1. The van der Waals surface area contributed by atoms with Crippen molar-refractivity contribution < 1.29 is 18.4 Å². The number of aliphatic hydroxyl groups excluding tert-OH is 1. The Morgan fingerprint density at radius 2 is 2.14 bits per heavy atom. The summed E-state index contributed by atoms with van der Waals surface area (Å²) in [5, 5.41) is 13.8. The number of rotatable bonds is 6. The molecule has 1 heterocycles. The molecule has 114 valence electrons. The summed E-state index contributed by atoms with van der Waals surface area (Å²) in [5.41, 5.74) is -0.0679. The standard InChI is InChI=1S/C14H17F2N3O2/c1-3-13-17-14(21-18-13)8-19(2)7-12(20)10-6-9(15)4-5-11(10)16/h4-6,12,20H,3,7-8H2,1-2H3. The van der Waals surface area contributed by atoms with Crippen LogP contribution in [0.3, 0.4) is 0 Å². The molecule has 0 aliphatic rings. The lowest BCUT2D eigenvalue weighted by Gasteiger charge is -2.19. The fraction of sp³-hybridized carbons (Fsp3) is 0.429. The van der Waals surface area contributed by atoms with E-state index in [9.17, 15) is 13.9 Å².